The van der Waals surface area contributed by atoms with Gasteiger partial charge in [-0.1, -0.05) is 66.7 Å². The summed E-state index contributed by atoms with van der Waals surface area (Å²) in [7, 11) is 3.09. The van der Waals surface area contributed by atoms with Crippen molar-refractivity contribution in [3.05, 3.63) is 131 Å². The van der Waals surface area contributed by atoms with Gasteiger partial charge < -0.3 is 19.7 Å². The van der Waals surface area contributed by atoms with Crippen LogP contribution in [0.25, 0.3) is 6.08 Å². The van der Waals surface area contributed by atoms with Crippen LogP contribution in [0.4, 0.5) is 5.69 Å². The number of hydrogen-bond donors (Lipinski definition) is 1. The largest absolute Gasteiger partial charge is 0.497 e. The van der Waals surface area contributed by atoms with Crippen molar-refractivity contribution in [3.8, 4) is 11.5 Å². The lowest BCUT2D eigenvalue weighted by molar-refractivity contribution is -0.122. The van der Waals surface area contributed by atoms with Crippen LogP contribution in [0.5, 0.6) is 11.5 Å². The Labute approximate surface area is 243 Å². The predicted molar refractivity (Wildman–Crippen MR) is 159 cm³/mol. The average Bonchev–Trinajstić information content (AvgIpc) is 3.52. The smallest absolute Gasteiger partial charge is 0.238 e. The molecule has 7 nitrogen and oxygen atoms in total. The quantitative estimate of drug-likeness (QED) is 0.308. The molecule has 0 unspecified atom stereocenters. The van der Waals surface area contributed by atoms with Gasteiger partial charge in [0.15, 0.2) is 11.6 Å². The van der Waals surface area contributed by atoms with Gasteiger partial charge in [0, 0.05) is 23.0 Å². The van der Waals surface area contributed by atoms with Crippen molar-refractivity contribution in [3.63, 3.8) is 0 Å². The third-order valence-corrected chi connectivity index (χ3v) is 8.83. The van der Waals surface area contributed by atoms with Gasteiger partial charge in [-0.15, -0.1) is 0 Å². The summed E-state index contributed by atoms with van der Waals surface area (Å²) in [4.78, 5) is 46.0. The summed E-state index contributed by atoms with van der Waals surface area (Å²) in [5.74, 6) is -0.883. The van der Waals surface area contributed by atoms with Gasteiger partial charge in [-0.2, -0.15) is 0 Å². The predicted octanol–water partition coefficient (Wildman–Crippen LogP) is 5.69. The van der Waals surface area contributed by atoms with E-state index in [0.29, 0.717) is 33.9 Å². The number of hydrogen-bond acceptors (Lipinski definition) is 6. The summed E-state index contributed by atoms with van der Waals surface area (Å²) < 4.78 is 10.9. The fourth-order valence-electron chi connectivity index (χ4n) is 7.07. The van der Waals surface area contributed by atoms with E-state index in [1.807, 2.05) is 65.7 Å². The highest BCUT2D eigenvalue weighted by Gasteiger charge is 2.70. The summed E-state index contributed by atoms with van der Waals surface area (Å²) in [5.41, 5.74) is 2.56. The second-order valence-electron chi connectivity index (χ2n) is 10.8. The number of rotatable bonds is 6. The van der Waals surface area contributed by atoms with Crippen LogP contribution in [-0.4, -0.2) is 42.6 Å². The van der Waals surface area contributed by atoms with Crippen molar-refractivity contribution in [2.45, 2.75) is 17.5 Å². The number of fused-ring (bicyclic) bond motifs is 6. The van der Waals surface area contributed by atoms with E-state index in [4.69, 9.17) is 9.47 Å². The maximum Gasteiger partial charge on any atom is 0.238 e. The third kappa shape index (κ3) is 3.56. The number of nitrogens with zero attached hydrogens (tertiary/aromatic N) is 1. The zero-order chi connectivity index (χ0) is 29.0. The Morgan fingerprint density at radius 2 is 1.43 bits per heavy atom. The lowest BCUT2D eigenvalue weighted by atomic mass is 9.62. The second-order valence-corrected chi connectivity index (χ2v) is 10.8. The number of Topliss-reactive ketones (excluding diaryl/α,β-unsaturated/α-hetero) is 2. The average molecular weight is 557 g/mol. The number of carbonyl (C=O) groups is 3. The molecule has 0 aliphatic carbocycles. The molecule has 1 spiro atoms. The number of para-hydroxylation sites is 1. The molecule has 4 aromatic carbocycles. The van der Waals surface area contributed by atoms with E-state index in [2.05, 4.69) is 5.32 Å². The molecule has 1 fully saturated rings. The SMILES string of the molecule is COc1cccc(C(=O)[C@@H]2[C@@H](C(=O)c3cccc(OC)c3)[C@@]3(C(=O)Nc4ccccc43)[C@H]3c4ccccc4C=CN23)c1. The lowest BCUT2D eigenvalue weighted by Gasteiger charge is -2.38. The van der Waals surface area contributed by atoms with Gasteiger partial charge in [0.05, 0.1) is 26.2 Å². The van der Waals surface area contributed by atoms with Gasteiger partial charge in [-0.05, 0) is 53.1 Å². The van der Waals surface area contributed by atoms with Gasteiger partial charge in [0.1, 0.15) is 23.0 Å². The first-order valence-electron chi connectivity index (χ1n) is 13.8. The molecule has 7 rings (SSSR count). The second kappa shape index (κ2) is 9.73. The van der Waals surface area contributed by atoms with Crippen molar-refractivity contribution < 1.29 is 23.9 Å². The summed E-state index contributed by atoms with van der Waals surface area (Å²) in [6, 6.07) is 27.6. The van der Waals surface area contributed by atoms with Crippen LogP contribution in [-0.2, 0) is 10.2 Å². The number of nitrogens with one attached hydrogen (secondary N) is 1. The molecule has 0 radical (unpaired) electrons. The Hall–Kier alpha value is -5.17. The molecule has 3 heterocycles. The molecule has 7 heteroatoms. The molecule has 1 amide bonds. The van der Waals surface area contributed by atoms with E-state index >= 15 is 0 Å². The summed E-state index contributed by atoms with van der Waals surface area (Å²) in [6.45, 7) is 0. The minimum atomic E-state index is -1.39. The number of amides is 1. The minimum absolute atomic E-state index is 0.266. The van der Waals surface area contributed by atoms with Crippen LogP contribution in [0.1, 0.15) is 43.4 Å². The van der Waals surface area contributed by atoms with Gasteiger partial charge in [-0.3, -0.25) is 14.4 Å². The number of benzene rings is 4. The molecular formula is C35H28N2O5. The highest BCUT2D eigenvalue weighted by Crippen LogP contribution is 2.62. The fourth-order valence-corrected chi connectivity index (χ4v) is 7.07. The number of ketones is 2. The Morgan fingerprint density at radius 1 is 0.786 bits per heavy atom. The van der Waals surface area contributed by atoms with Crippen molar-refractivity contribution in [1.29, 1.82) is 0 Å². The highest BCUT2D eigenvalue weighted by molar-refractivity contribution is 6.16. The molecule has 3 aliphatic heterocycles. The van der Waals surface area contributed by atoms with Crippen LogP contribution in [0.2, 0.25) is 0 Å². The third-order valence-electron chi connectivity index (χ3n) is 8.83. The Bertz CT molecular complexity index is 1800. The molecule has 1 N–H and O–H groups in total. The van der Waals surface area contributed by atoms with Crippen LogP contribution in [0, 0.1) is 5.92 Å². The van der Waals surface area contributed by atoms with Crippen LogP contribution >= 0.6 is 0 Å². The van der Waals surface area contributed by atoms with Crippen molar-refractivity contribution in [2.75, 3.05) is 19.5 Å². The molecule has 4 aromatic rings. The molecule has 208 valence electrons. The van der Waals surface area contributed by atoms with Crippen molar-refractivity contribution in [2.24, 2.45) is 5.92 Å². The van der Waals surface area contributed by atoms with Crippen LogP contribution < -0.4 is 14.8 Å². The van der Waals surface area contributed by atoms with Gasteiger partial charge in [-0.25, -0.2) is 0 Å². The van der Waals surface area contributed by atoms with Gasteiger partial charge in [0.25, 0.3) is 0 Å². The van der Waals surface area contributed by atoms with Crippen LogP contribution in [0.3, 0.4) is 0 Å². The van der Waals surface area contributed by atoms with E-state index in [0.717, 1.165) is 11.1 Å². The maximum atomic E-state index is 14.9. The van der Waals surface area contributed by atoms with Crippen molar-refractivity contribution >= 4 is 29.2 Å². The summed E-state index contributed by atoms with van der Waals surface area (Å²) in [5, 5.41) is 3.07. The Morgan fingerprint density at radius 3 is 2.14 bits per heavy atom. The van der Waals surface area contributed by atoms with Gasteiger partial charge >= 0.3 is 0 Å². The van der Waals surface area contributed by atoms with Gasteiger partial charge in [0.2, 0.25) is 5.91 Å². The Balaban J connectivity index is 1.53. The van der Waals surface area contributed by atoms with E-state index in [-0.39, 0.29) is 17.5 Å². The number of ether oxygens (including phenoxy) is 2. The number of methoxy groups -OCH3 is 2. The molecule has 4 atom stereocenters. The summed E-state index contributed by atoms with van der Waals surface area (Å²) >= 11 is 0. The van der Waals surface area contributed by atoms with E-state index < -0.39 is 23.4 Å². The maximum absolute atomic E-state index is 14.9. The fraction of sp³-hybridized carbons (Fsp3) is 0.171. The summed E-state index contributed by atoms with van der Waals surface area (Å²) in [6.07, 6.45) is 3.81. The standard InChI is InChI=1S/C35H28N2O5/c1-41-24-12-7-10-22(19-24)31(38)29-30(32(39)23-11-8-13-25(20-23)42-2)37-18-17-21-9-3-4-14-26(21)33(37)35(29)27-15-5-6-16-28(27)36-34(35)40/h3-20,29-30,33H,1-2H3,(H,36,40)/t29-,30-,33+,35+/m0/s1. The highest BCUT2D eigenvalue weighted by atomic mass is 16.5. The first-order valence-corrected chi connectivity index (χ1v) is 13.8. The van der Waals surface area contributed by atoms with Crippen molar-refractivity contribution in [1.82, 2.24) is 4.90 Å². The monoisotopic (exact) mass is 556 g/mol. The van der Waals surface area contributed by atoms with E-state index in [1.54, 1.807) is 62.8 Å². The zero-order valence-corrected chi connectivity index (χ0v) is 23.1. The van der Waals surface area contributed by atoms with E-state index in [9.17, 15) is 14.4 Å². The van der Waals surface area contributed by atoms with E-state index in [1.165, 1.54) is 0 Å². The number of carbonyl (C=O) groups excluding carboxylic acids is 3. The topological polar surface area (TPSA) is 84.9 Å². The molecule has 0 bridgehead atoms. The van der Waals surface area contributed by atoms with Crippen LogP contribution in [0.15, 0.2) is 103 Å². The molecule has 1 saturated heterocycles. The normalized spacial score (nSPS) is 23.1. The molecule has 3 aliphatic rings. The lowest BCUT2D eigenvalue weighted by Crippen LogP contribution is -2.49. The molecule has 0 aromatic heterocycles. The Kier molecular flexibility index (Phi) is 5.97. The molecular weight excluding hydrogens is 528 g/mol. The molecule has 42 heavy (non-hydrogen) atoms. The number of anilines is 1. The first-order chi connectivity index (χ1) is 20.5. The zero-order valence-electron chi connectivity index (χ0n) is 23.1. The molecule has 0 saturated carbocycles. The minimum Gasteiger partial charge on any atom is -0.497 e. The first kappa shape index (κ1) is 25.8.